The van der Waals surface area contributed by atoms with Crippen LogP contribution < -0.4 is 5.43 Å². The summed E-state index contributed by atoms with van der Waals surface area (Å²) in [4.78, 5) is 13.6. The van der Waals surface area contributed by atoms with Crippen molar-refractivity contribution in [1.29, 1.82) is 0 Å². The van der Waals surface area contributed by atoms with Gasteiger partial charge in [0, 0.05) is 20.0 Å². The summed E-state index contributed by atoms with van der Waals surface area (Å²) in [6.45, 7) is 4.08. The molecule has 0 aliphatic carbocycles. The molecule has 0 unspecified atom stereocenters. The fourth-order valence-electron chi connectivity index (χ4n) is 1.93. The molecule has 2 aromatic heterocycles. The zero-order chi connectivity index (χ0) is 12.2. The summed E-state index contributed by atoms with van der Waals surface area (Å²) in [5, 5.41) is 2.33. The van der Waals surface area contributed by atoms with E-state index in [1.807, 2.05) is 19.1 Å². The molecule has 2 heterocycles. The van der Waals surface area contributed by atoms with Crippen molar-refractivity contribution in [2.24, 2.45) is 0 Å². The highest BCUT2D eigenvalue weighted by atomic mass is 35.5. The molecule has 0 spiro atoms. The number of aryl methyl sites for hydroxylation is 2. The number of halogens is 1. The van der Waals surface area contributed by atoms with Crippen LogP contribution in [-0.4, -0.2) is 0 Å². The van der Waals surface area contributed by atoms with E-state index in [9.17, 15) is 4.79 Å². The molecule has 3 rings (SSSR count). The van der Waals surface area contributed by atoms with Crippen LogP contribution in [0.4, 0.5) is 0 Å². The van der Waals surface area contributed by atoms with E-state index in [1.165, 1.54) is 4.88 Å². The van der Waals surface area contributed by atoms with E-state index in [2.05, 4.69) is 6.92 Å². The zero-order valence-corrected chi connectivity index (χ0v) is 11.7. The fraction of sp³-hybridized carbons (Fsp3) is 0.154. The molecule has 0 aliphatic rings. The van der Waals surface area contributed by atoms with Crippen LogP contribution in [0.25, 0.3) is 19.5 Å². The molecule has 1 nitrogen and oxygen atoms in total. The van der Waals surface area contributed by atoms with Crippen LogP contribution >= 0.6 is 34.3 Å². The van der Waals surface area contributed by atoms with Crippen molar-refractivity contribution >= 4 is 53.8 Å². The average Bonchev–Trinajstić information content (AvgIpc) is 2.54. The van der Waals surface area contributed by atoms with Crippen LogP contribution in [0.2, 0.25) is 5.02 Å². The molecule has 86 valence electrons. The second-order valence-electron chi connectivity index (χ2n) is 4.02. The number of benzene rings is 1. The maximum atomic E-state index is 12.4. The van der Waals surface area contributed by atoms with Gasteiger partial charge in [0.05, 0.1) is 9.40 Å². The molecule has 0 atom stereocenters. The average molecular weight is 281 g/mol. The zero-order valence-electron chi connectivity index (χ0n) is 9.33. The van der Waals surface area contributed by atoms with Gasteiger partial charge in [-0.3, -0.25) is 4.79 Å². The fourth-order valence-corrected chi connectivity index (χ4v) is 4.87. The van der Waals surface area contributed by atoms with Gasteiger partial charge in [-0.05, 0) is 37.6 Å². The van der Waals surface area contributed by atoms with Gasteiger partial charge < -0.3 is 0 Å². The Labute approximate surface area is 111 Å². The van der Waals surface area contributed by atoms with E-state index in [0.717, 1.165) is 25.0 Å². The van der Waals surface area contributed by atoms with Crippen molar-refractivity contribution < 1.29 is 0 Å². The Morgan fingerprint density at radius 1 is 1.18 bits per heavy atom. The van der Waals surface area contributed by atoms with Crippen LogP contribution in [0.3, 0.4) is 0 Å². The minimum Gasteiger partial charge on any atom is -0.288 e. The second-order valence-corrected chi connectivity index (χ2v) is 6.99. The first-order valence-electron chi connectivity index (χ1n) is 5.20. The van der Waals surface area contributed by atoms with Gasteiger partial charge in [-0.1, -0.05) is 11.6 Å². The lowest BCUT2D eigenvalue weighted by molar-refractivity contribution is 1.47. The number of fused-ring (bicyclic) bond motifs is 2. The molecule has 4 heteroatoms. The Balaban J connectivity index is 2.62. The van der Waals surface area contributed by atoms with Crippen LogP contribution in [0.15, 0.2) is 23.0 Å². The maximum absolute atomic E-state index is 12.4. The van der Waals surface area contributed by atoms with Crippen LogP contribution in [0.1, 0.15) is 10.4 Å². The van der Waals surface area contributed by atoms with Gasteiger partial charge in [-0.2, -0.15) is 0 Å². The van der Waals surface area contributed by atoms with E-state index in [1.54, 1.807) is 28.7 Å². The van der Waals surface area contributed by atoms with E-state index in [0.29, 0.717) is 5.02 Å². The van der Waals surface area contributed by atoms with Gasteiger partial charge in [0.25, 0.3) is 0 Å². The van der Waals surface area contributed by atoms with Gasteiger partial charge in [-0.15, -0.1) is 22.7 Å². The lowest BCUT2D eigenvalue weighted by atomic mass is 10.1. The summed E-state index contributed by atoms with van der Waals surface area (Å²) in [6, 6.07) is 5.47. The Bertz CT molecular complexity index is 798. The SMILES string of the molecule is Cc1sc2sc3cc(Cl)ccc3c(=O)c2c1C. The van der Waals surface area contributed by atoms with E-state index >= 15 is 0 Å². The molecule has 3 aromatic rings. The summed E-state index contributed by atoms with van der Waals surface area (Å²) < 4.78 is 2.07. The number of hydrogen-bond donors (Lipinski definition) is 0. The highest BCUT2D eigenvalue weighted by Crippen LogP contribution is 2.35. The summed E-state index contributed by atoms with van der Waals surface area (Å²) in [6.07, 6.45) is 0. The molecule has 0 saturated heterocycles. The van der Waals surface area contributed by atoms with Crippen molar-refractivity contribution in [1.82, 2.24) is 0 Å². The first-order chi connectivity index (χ1) is 8.08. The minimum absolute atomic E-state index is 0.132. The normalized spacial score (nSPS) is 11.5. The topological polar surface area (TPSA) is 17.1 Å². The van der Waals surface area contributed by atoms with E-state index in [4.69, 9.17) is 11.6 Å². The quantitative estimate of drug-likeness (QED) is 0.581. The molecule has 0 fully saturated rings. The predicted molar refractivity (Wildman–Crippen MR) is 78.0 cm³/mol. The molecule has 0 bridgehead atoms. The molecular formula is C13H9ClOS2. The third kappa shape index (κ3) is 1.61. The Kier molecular flexibility index (Phi) is 2.51. The summed E-state index contributed by atoms with van der Waals surface area (Å²) in [5.74, 6) is 0. The summed E-state index contributed by atoms with van der Waals surface area (Å²) >= 11 is 9.30. The number of rotatable bonds is 0. The van der Waals surface area contributed by atoms with Crippen molar-refractivity contribution in [2.45, 2.75) is 13.8 Å². The van der Waals surface area contributed by atoms with Gasteiger partial charge in [0.15, 0.2) is 5.43 Å². The third-order valence-electron chi connectivity index (χ3n) is 2.97. The highest BCUT2D eigenvalue weighted by Gasteiger charge is 2.12. The maximum Gasteiger partial charge on any atom is 0.197 e. The molecule has 0 amide bonds. The van der Waals surface area contributed by atoms with E-state index < -0.39 is 0 Å². The third-order valence-corrected chi connectivity index (χ3v) is 5.66. The molecular weight excluding hydrogens is 272 g/mol. The molecule has 0 saturated carbocycles. The van der Waals surface area contributed by atoms with Crippen LogP contribution in [-0.2, 0) is 0 Å². The Morgan fingerprint density at radius 2 is 1.94 bits per heavy atom. The van der Waals surface area contributed by atoms with Crippen LogP contribution in [0.5, 0.6) is 0 Å². The van der Waals surface area contributed by atoms with Gasteiger partial charge in [0.2, 0.25) is 0 Å². The second kappa shape index (κ2) is 3.80. The lowest BCUT2D eigenvalue weighted by Crippen LogP contribution is -2.00. The monoisotopic (exact) mass is 280 g/mol. The highest BCUT2D eigenvalue weighted by molar-refractivity contribution is 7.40. The first kappa shape index (κ1) is 11.2. The smallest absolute Gasteiger partial charge is 0.197 e. The van der Waals surface area contributed by atoms with Crippen molar-refractivity contribution in [3.8, 4) is 0 Å². The molecule has 0 radical (unpaired) electrons. The van der Waals surface area contributed by atoms with Gasteiger partial charge in [-0.25, -0.2) is 0 Å². The van der Waals surface area contributed by atoms with Gasteiger partial charge >= 0.3 is 0 Å². The minimum atomic E-state index is 0.132. The number of thiophene rings is 1. The Hall–Kier alpha value is -0.900. The Morgan fingerprint density at radius 3 is 2.71 bits per heavy atom. The molecule has 0 aliphatic heterocycles. The molecule has 17 heavy (non-hydrogen) atoms. The standard InChI is InChI=1S/C13H9ClOS2/c1-6-7(2)16-13-11(6)12(15)9-4-3-8(14)5-10(9)17-13/h3-5H,1-2H3. The van der Waals surface area contributed by atoms with Crippen LogP contribution in [0, 0.1) is 13.8 Å². The largest absolute Gasteiger partial charge is 0.288 e. The van der Waals surface area contributed by atoms with E-state index in [-0.39, 0.29) is 5.43 Å². The van der Waals surface area contributed by atoms with Gasteiger partial charge in [0.1, 0.15) is 0 Å². The predicted octanol–water partition coefficient (Wildman–Crippen LogP) is 4.75. The lowest BCUT2D eigenvalue weighted by Gasteiger charge is -1.98. The van der Waals surface area contributed by atoms with Crippen molar-refractivity contribution in [2.75, 3.05) is 0 Å². The van der Waals surface area contributed by atoms with Crippen molar-refractivity contribution in [3.63, 3.8) is 0 Å². The molecule has 0 N–H and O–H groups in total. The summed E-state index contributed by atoms with van der Waals surface area (Å²) in [5.41, 5.74) is 1.25. The number of hydrogen-bond acceptors (Lipinski definition) is 3. The van der Waals surface area contributed by atoms with Crippen molar-refractivity contribution in [3.05, 3.63) is 43.9 Å². The molecule has 1 aromatic carbocycles. The first-order valence-corrected chi connectivity index (χ1v) is 7.21. The summed E-state index contributed by atoms with van der Waals surface area (Å²) in [7, 11) is 0.